The molecule has 0 saturated carbocycles. The van der Waals surface area contributed by atoms with Crippen molar-refractivity contribution in [3.63, 3.8) is 0 Å². The summed E-state index contributed by atoms with van der Waals surface area (Å²) in [6.07, 6.45) is 0.757. The van der Waals surface area contributed by atoms with Gasteiger partial charge < -0.3 is 14.6 Å². The Hall–Kier alpha value is -1.42. The second-order valence-corrected chi connectivity index (χ2v) is 4.66. The summed E-state index contributed by atoms with van der Waals surface area (Å²) in [5, 5.41) is 8.97. The minimum atomic E-state index is -1.27. The molecule has 0 radical (unpaired) electrons. The van der Waals surface area contributed by atoms with E-state index in [9.17, 15) is 4.79 Å². The molecule has 0 aliphatic heterocycles. The van der Waals surface area contributed by atoms with E-state index >= 15 is 0 Å². The molecule has 5 heteroatoms. The predicted octanol–water partition coefficient (Wildman–Crippen LogP) is 2.94. The van der Waals surface area contributed by atoms with E-state index in [1.165, 1.54) is 13.8 Å². The second kappa shape index (κ2) is 6.50. The van der Waals surface area contributed by atoms with E-state index in [2.05, 4.69) is 0 Å². The summed E-state index contributed by atoms with van der Waals surface area (Å²) in [5.74, 6) is 0.628. The topological polar surface area (TPSA) is 55.8 Å². The highest BCUT2D eigenvalue weighted by Gasteiger charge is 2.29. The van der Waals surface area contributed by atoms with Gasteiger partial charge in [-0.25, -0.2) is 4.79 Å². The minimum absolute atomic E-state index is 0.464. The molecule has 0 bridgehead atoms. The van der Waals surface area contributed by atoms with Crippen LogP contribution in [-0.4, -0.2) is 29.2 Å². The van der Waals surface area contributed by atoms with E-state index in [0.717, 1.165) is 6.42 Å². The third-order valence-electron chi connectivity index (χ3n) is 2.24. The molecule has 18 heavy (non-hydrogen) atoms. The number of carboxylic acids is 1. The molecule has 0 saturated heterocycles. The van der Waals surface area contributed by atoms with E-state index in [1.54, 1.807) is 24.3 Å². The fourth-order valence-electron chi connectivity index (χ4n) is 1.21. The van der Waals surface area contributed by atoms with Crippen LogP contribution in [0.4, 0.5) is 0 Å². The van der Waals surface area contributed by atoms with Gasteiger partial charge in [0, 0.05) is 11.9 Å². The molecule has 0 aromatic heterocycles. The van der Waals surface area contributed by atoms with Gasteiger partial charge in [0.2, 0.25) is 0 Å². The molecule has 1 N–H and O–H groups in total. The fourth-order valence-corrected chi connectivity index (χ4v) is 1.32. The van der Waals surface area contributed by atoms with Crippen LogP contribution in [-0.2, 0) is 4.79 Å². The molecule has 1 aromatic rings. The van der Waals surface area contributed by atoms with Crippen LogP contribution in [0.2, 0.25) is 0 Å². The summed E-state index contributed by atoms with van der Waals surface area (Å²) in [4.78, 5) is 11.0. The van der Waals surface area contributed by atoms with E-state index in [-0.39, 0.29) is 0 Å². The summed E-state index contributed by atoms with van der Waals surface area (Å²) in [6, 6.07) is 6.90. The second-order valence-electron chi connectivity index (χ2n) is 4.28. The Morgan fingerprint density at radius 2 is 2.06 bits per heavy atom. The van der Waals surface area contributed by atoms with Crippen LogP contribution in [0.3, 0.4) is 0 Å². The van der Waals surface area contributed by atoms with Crippen LogP contribution in [0.15, 0.2) is 24.3 Å². The number of carboxylic acid groups (broad SMARTS) is 1. The lowest BCUT2D eigenvalue weighted by atomic mass is 10.1. The van der Waals surface area contributed by atoms with E-state index in [0.29, 0.717) is 24.0 Å². The molecule has 0 amide bonds. The third-order valence-corrected chi connectivity index (χ3v) is 2.51. The van der Waals surface area contributed by atoms with Gasteiger partial charge in [-0.1, -0.05) is 6.07 Å². The molecular formula is C13H17ClO4. The van der Waals surface area contributed by atoms with Crippen LogP contribution >= 0.6 is 11.6 Å². The Kier molecular flexibility index (Phi) is 5.28. The smallest absolute Gasteiger partial charge is 0.347 e. The highest BCUT2D eigenvalue weighted by atomic mass is 35.5. The largest absolute Gasteiger partial charge is 0.493 e. The van der Waals surface area contributed by atoms with Crippen molar-refractivity contribution in [1.29, 1.82) is 0 Å². The van der Waals surface area contributed by atoms with Gasteiger partial charge in [0.1, 0.15) is 11.5 Å². The normalized spacial score (nSPS) is 11.1. The number of hydrogen-bond acceptors (Lipinski definition) is 3. The maximum absolute atomic E-state index is 11.0. The Morgan fingerprint density at radius 1 is 1.39 bits per heavy atom. The molecule has 1 rings (SSSR count). The van der Waals surface area contributed by atoms with Crippen molar-refractivity contribution in [1.82, 2.24) is 0 Å². The molecule has 0 fully saturated rings. The lowest BCUT2D eigenvalue weighted by Crippen LogP contribution is -2.37. The summed E-state index contributed by atoms with van der Waals surface area (Å²) in [7, 11) is 0. The first-order valence-corrected chi connectivity index (χ1v) is 6.20. The van der Waals surface area contributed by atoms with Gasteiger partial charge in [-0.3, -0.25) is 0 Å². The molecular weight excluding hydrogens is 256 g/mol. The molecule has 0 heterocycles. The summed E-state index contributed by atoms with van der Waals surface area (Å²) in [6.45, 7) is 3.52. The maximum atomic E-state index is 11.0. The predicted molar refractivity (Wildman–Crippen MR) is 69.6 cm³/mol. The van der Waals surface area contributed by atoms with Crippen molar-refractivity contribution in [2.24, 2.45) is 0 Å². The standard InChI is InChI=1S/C13H17ClO4/c1-13(2,12(15)16)18-11-6-3-5-10(9-11)17-8-4-7-14/h3,5-6,9H,4,7-8H2,1-2H3,(H,15,16). The van der Waals surface area contributed by atoms with Gasteiger partial charge in [0.15, 0.2) is 5.60 Å². The number of ether oxygens (including phenoxy) is 2. The lowest BCUT2D eigenvalue weighted by Gasteiger charge is -2.21. The first kappa shape index (κ1) is 14.6. The Bertz CT molecular complexity index is 404. The van der Waals surface area contributed by atoms with Crippen LogP contribution < -0.4 is 9.47 Å². The van der Waals surface area contributed by atoms with Crippen molar-refractivity contribution in [3.05, 3.63) is 24.3 Å². The molecule has 0 aliphatic rings. The van der Waals surface area contributed by atoms with Gasteiger partial charge in [-0.15, -0.1) is 11.6 Å². The molecule has 0 unspecified atom stereocenters. The Balaban J connectivity index is 2.67. The van der Waals surface area contributed by atoms with Crippen LogP contribution in [0.5, 0.6) is 11.5 Å². The number of benzene rings is 1. The quantitative estimate of drug-likeness (QED) is 0.612. The Labute approximate surface area is 111 Å². The SMILES string of the molecule is CC(C)(Oc1cccc(OCCCCl)c1)C(=O)O. The van der Waals surface area contributed by atoms with Crippen molar-refractivity contribution >= 4 is 17.6 Å². The van der Waals surface area contributed by atoms with Gasteiger partial charge >= 0.3 is 5.97 Å². The molecule has 0 aliphatic carbocycles. The zero-order valence-electron chi connectivity index (χ0n) is 10.5. The first-order valence-electron chi connectivity index (χ1n) is 5.67. The van der Waals surface area contributed by atoms with Gasteiger partial charge in [0.05, 0.1) is 6.61 Å². The average Bonchev–Trinajstić information content (AvgIpc) is 2.29. The fraction of sp³-hybridized carbons (Fsp3) is 0.462. The van der Waals surface area contributed by atoms with E-state index in [4.69, 9.17) is 26.2 Å². The summed E-state index contributed by atoms with van der Waals surface area (Å²) < 4.78 is 10.9. The summed E-state index contributed by atoms with van der Waals surface area (Å²) in [5.41, 5.74) is -1.27. The van der Waals surface area contributed by atoms with Gasteiger partial charge in [-0.05, 0) is 32.4 Å². The van der Waals surface area contributed by atoms with E-state index < -0.39 is 11.6 Å². The van der Waals surface area contributed by atoms with E-state index in [1.807, 2.05) is 0 Å². The number of hydrogen-bond donors (Lipinski definition) is 1. The minimum Gasteiger partial charge on any atom is -0.493 e. The highest BCUT2D eigenvalue weighted by Crippen LogP contribution is 2.23. The van der Waals surface area contributed by atoms with Gasteiger partial charge in [-0.2, -0.15) is 0 Å². The van der Waals surface area contributed by atoms with Crippen molar-refractivity contribution in [3.8, 4) is 11.5 Å². The first-order chi connectivity index (χ1) is 8.45. The number of rotatable bonds is 7. The molecule has 0 atom stereocenters. The zero-order valence-corrected chi connectivity index (χ0v) is 11.2. The lowest BCUT2D eigenvalue weighted by molar-refractivity contribution is -0.152. The van der Waals surface area contributed by atoms with Crippen LogP contribution in [0.1, 0.15) is 20.3 Å². The van der Waals surface area contributed by atoms with Crippen molar-refractivity contribution in [2.75, 3.05) is 12.5 Å². The van der Waals surface area contributed by atoms with Crippen LogP contribution in [0.25, 0.3) is 0 Å². The zero-order chi connectivity index (χ0) is 13.6. The molecule has 4 nitrogen and oxygen atoms in total. The average molecular weight is 273 g/mol. The van der Waals surface area contributed by atoms with Crippen molar-refractivity contribution in [2.45, 2.75) is 25.9 Å². The summed E-state index contributed by atoms with van der Waals surface area (Å²) >= 11 is 5.55. The Morgan fingerprint density at radius 3 is 2.67 bits per heavy atom. The number of carbonyl (C=O) groups is 1. The molecule has 100 valence electrons. The maximum Gasteiger partial charge on any atom is 0.347 e. The highest BCUT2D eigenvalue weighted by molar-refractivity contribution is 6.17. The number of alkyl halides is 1. The molecule has 0 spiro atoms. The van der Waals surface area contributed by atoms with Crippen molar-refractivity contribution < 1.29 is 19.4 Å². The number of aliphatic carboxylic acids is 1. The third kappa shape index (κ3) is 4.45. The molecule has 1 aromatic carbocycles. The van der Waals surface area contributed by atoms with Crippen LogP contribution in [0, 0.1) is 0 Å². The number of halogens is 1. The van der Waals surface area contributed by atoms with Gasteiger partial charge in [0.25, 0.3) is 0 Å². The monoisotopic (exact) mass is 272 g/mol.